The molecule has 0 saturated heterocycles. The summed E-state index contributed by atoms with van der Waals surface area (Å²) in [7, 11) is 0. The average Bonchev–Trinajstić information content (AvgIpc) is 3.23. The summed E-state index contributed by atoms with van der Waals surface area (Å²) in [6.45, 7) is 1.01. The first-order valence-corrected chi connectivity index (χ1v) is 9.80. The molecule has 0 bridgehead atoms. The van der Waals surface area contributed by atoms with Crippen molar-refractivity contribution in [3.05, 3.63) is 84.3 Å². The van der Waals surface area contributed by atoms with E-state index in [0.29, 0.717) is 36.0 Å². The number of nitrogens with zero attached hydrogens (tertiary/aromatic N) is 3. The summed E-state index contributed by atoms with van der Waals surface area (Å²) in [5.74, 6) is 1.23. The molecule has 0 aliphatic carbocycles. The minimum atomic E-state index is -0.463. The lowest BCUT2D eigenvalue weighted by Crippen LogP contribution is -2.43. The Kier molecular flexibility index (Phi) is 3.67. The molecule has 0 fully saturated rings. The van der Waals surface area contributed by atoms with Gasteiger partial charge < -0.3 is 19.2 Å². The number of amides is 1. The minimum Gasteiger partial charge on any atom is -0.486 e. The van der Waals surface area contributed by atoms with Gasteiger partial charge in [-0.25, -0.2) is 4.98 Å². The molecule has 1 N–H and O–H groups in total. The monoisotopic (exact) mass is 398 g/mol. The largest absolute Gasteiger partial charge is 0.486 e. The Morgan fingerprint density at radius 2 is 1.80 bits per heavy atom. The Labute approximate surface area is 172 Å². The van der Waals surface area contributed by atoms with Gasteiger partial charge in [-0.2, -0.15) is 0 Å². The van der Waals surface area contributed by atoms with Crippen LogP contribution in [0.2, 0.25) is 0 Å². The van der Waals surface area contributed by atoms with E-state index in [4.69, 9.17) is 14.5 Å². The van der Waals surface area contributed by atoms with Gasteiger partial charge in [0.25, 0.3) is 5.91 Å². The van der Waals surface area contributed by atoms with Gasteiger partial charge in [0.15, 0.2) is 17.7 Å². The fourth-order valence-corrected chi connectivity index (χ4v) is 3.99. The first kappa shape index (κ1) is 16.9. The lowest BCUT2D eigenvalue weighted by molar-refractivity contribution is 0.0974. The molecule has 0 spiro atoms. The predicted molar refractivity (Wildman–Crippen MR) is 112 cm³/mol. The molecule has 4 heterocycles. The third-order valence-electron chi connectivity index (χ3n) is 5.39. The molecule has 1 atom stereocenters. The van der Waals surface area contributed by atoms with Gasteiger partial charge in [-0.1, -0.05) is 18.2 Å². The number of carbonyl (C=O) groups excluding carboxylic acids is 1. The molecule has 0 unspecified atom stereocenters. The summed E-state index contributed by atoms with van der Waals surface area (Å²) in [5, 5.41) is 3.49. The molecule has 2 aliphatic rings. The number of pyridine rings is 1. The molecule has 7 nitrogen and oxygen atoms in total. The Morgan fingerprint density at radius 1 is 0.967 bits per heavy atom. The van der Waals surface area contributed by atoms with Gasteiger partial charge >= 0.3 is 0 Å². The maximum absolute atomic E-state index is 13.6. The number of para-hydroxylation sites is 1. The second-order valence-electron chi connectivity index (χ2n) is 7.23. The van der Waals surface area contributed by atoms with Crippen molar-refractivity contribution in [3.63, 3.8) is 0 Å². The van der Waals surface area contributed by atoms with Crippen LogP contribution in [0.15, 0.2) is 73.1 Å². The van der Waals surface area contributed by atoms with E-state index in [1.54, 1.807) is 4.90 Å². The van der Waals surface area contributed by atoms with Gasteiger partial charge in [0.05, 0.1) is 11.3 Å². The number of anilines is 2. The smallest absolute Gasteiger partial charge is 0.262 e. The van der Waals surface area contributed by atoms with Crippen molar-refractivity contribution in [1.82, 2.24) is 9.38 Å². The van der Waals surface area contributed by atoms with Crippen molar-refractivity contribution in [2.24, 2.45) is 0 Å². The number of aromatic nitrogens is 2. The van der Waals surface area contributed by atoms with Crippen LogP contribution in [-0.2, 0) is 0 Å². The molecule has 30 heavy (non-hydrogen) atoms. The highest BCUT2D eigenvalue weighted by Crippen LogP contribution is 2.40. The zero-order valence-corrected chi connectivity index (χ0v) is 16.0. The normalized spacial score (nSPS) is 17.5. The number of ether oxygens (including phenoxy) is 2. The summed E-state index contributed by atoms with van der Waals surface area (Å²) in [5.41, 5.74) is 3.70. The number of carbonyl (C=O) groups is 1. The van der Waals surface area contributed by atoms with Crippen molar-refractivity contribution in [2.45, 2.75) is 6.17 Å². The summed E-state index contributed by atoms with van der Waals surface area (Å²) in [6, 6.07) is 18.9. The Bertz CT molecular complexity index is 1250. The van der Waals surface area contributed by atoms with Crippen molar-refractivity contribution in [3.8, 4) is 11.5 Å². The highest BCUT2D eigenvalue weighted by molar-refractivity contribution is 6.12. The van der Waals surface area contributed by atoms with E-state index in [1.807, 2.05) is 77.5 Å². The summed E-state index contributed by atoms with van der Waals surface area (Å²) >= 11 is 0. The maximum Gasteiger partial charge on any atom is 0.262 e. The van der Waals surface area contributed by atoms with Gasteiger partial charge in [0, 0.05) is 24.1 Å². The van der Waals surface area contributed by atoms with Gasteiger partial charge in [-0.15, -0.1) is 0 Å². The topological polar surface area (TPSA) is 68.1 Å². The van der Waals surface area contributed by atoms with E-state index in [2.05, 4.69) is 5.32 Å². The second-order valence-corrected chi connectivity index (χ2v) is 7.23. The number of nitrogens with one attached hydrogen (secondary N) is 1. The van der Waals surface area contributed by atoms with E-state index < -0.39 is 6.17 Å². The van der Waals surface area contributed by atoms with Crippen LogP contribution in [0.25, 0.3) is 5.65 Å². The highest BCUT2D eigenvalue weighted by Gasteiger charge is 2.36. The van der Waals surface area contributed by atoms with Crippen LogP contribution in [0.4, 0.5) is 11.4 Å². The van der Waals surface area contributed by atoms with Crippen LogP contribution in [0, 0.1) is 0 Å². The molecule has 0 saturated carbocycles. The Morgan fingerprint density at radius 3 is 2.70 bits per heavy atom. The van der Waals surface area contributed by atoms with Crippen LogP contribution in [-0.4, -0.2) is 28.5 Å². The van der Waals surface area contributed by atoms with Crippen molar-refractivity contribution >= 4 is 22.9 Å². The number of rotatable bonds is 2. The number of benzene rings is 2. The summed E-state index contributed by atoms with van der Waals surface area (Å²) < 4.78 is 13.3. The zero-order chi connectivity index (χ0) is 20.1. The van der Waals surface area contributed by atoms with E-state index >= 15 is 0 Å². The Balaban J connectivity index is 1.51. The fourth-order valence-electron chi connectivity index (χ4n) is 3.99. The van der Waals surface area contributed by atoms with E-state index in [-0.39, 0.29) is 5.91 Å². The molecule has 1 amide bonds. The SMILES string of the molecule is O=C1c2ccccc2N[C@H](c2cn3ccccc3n2)N1c1ccc2c(c1)OCCO2. The van der Waals surface area contributed by atoms with Crippen molar-refractivity contribution in [2.75, 3.05) is 23.4 Å². The van der Waals surface area contributed by atoms with Gasteiger partial charge in [0.1, 0.15) is 24.6 Å². The molecule has 4 aromatic rings. The van der Waals surface area contributed by atoms with Crippen LogP contribution < -0.4 is 19.7 Å². The molecule has 2 aromatic carbocycles. The highest BCUT2D eigenvalue weighted by atomic mass is 16.6. The standard InChI is InChI=1S/C23H18N4O3/c28-23-16-5-1-2-6-17(16)25-22(18-14-26-10-4-3-7-21(26)24-18)27(23)15-8-9-19-20(13-15)30-12-11-29-19/h1-10,13-14,22,25H,11-12H2/t22-/m0/s1. The van der Waals surface area contributed by atoms with Gasteiger partial charge in [-0.3, -0.25) is 9.69 Å². The zero-order valence-electron chi connectivity index (χ0n) is 16.0. The van der Waals surface area contributed by atoms with Crippen LogP contribution in [0.1, 0.15) is 22.2 Å². The molecule has 2 aromatic heterocycles. The summed E-state index contributed by atoms with van der Waals surface area (Å²) in [4.78, 5) is 20.0. The van der Waals surface area contributed by atoms with Crippen LogP contribution >= 0.6 is 0 Å². The van der Waals surface area contributed by atoms with Crippen LogP contribution in [0.5, 0.6) is 11.5 Å². The number of imidazole rings is 1. The molecular formula is C23H18N4O3. The van der Waals surface area contributed by atoms with E-state index in [0.717, 1.165) is 17.0 Å². The van der Waals surface area contributed by atoms with Crippen LogP contribution in [0.3, 0.4) is 0 Å². The number of hydrogen-bond donors (Lipinski definition) is 1. The predicted octanol–water partition coefficient (Wildman–Crippen LogP) is 3.88. The molecule has 148 valence electrons. The maximum atomic E-state index is 13.6. The second kappa shape index (κ2) is 6.52. The Hall–Kier alpha value is -4.00. The van der Waals surface area contributed by atoms with E-state index in [9.17, 15) is 4.79 Å². The fraction of sp³-hybridized carbons (Fsp3) is 0.130. The average molecular weight is 398 g/mol. The molecule has 0 radical (unpaired) electrons. The third kappa shape index (κ3) is 2.59. The molecular weight excluding hydrogens is 380 g/mol. The molecule has 7 heteroatoms. The lowest BCUT2D eigenvalue weighted by atomic mass is 10.1. The van der Waals surface area contributed by atoms with E-state index in [1.165, 1.54) is 0 Å². The number of fused-ring (bicyclic) bond motifs is 3. The summed E-state index contributed by atoms with van der Waals surface area (Å²) in [6.07, 6.45) is 3.42. The third-order valence-corrected chi connectivity index (χ3v) is 5.39. The first-order valence-electron chi connectivity index (χ1n) is 9.80. The quantitative estimate of drug-likeness (QED) is 0.555. The number of hydrogen-bond acceptors (Lipinski definition) is 5. The molecule has 2 aliphatic heterocycles. The van der Waals surface area contributed by atoms with Crippen molar-refractivity contribution < 1.29 is 14.3 Å². The lowest BCUT2D eigenvalue weighted by Gasteiger charge is -2.37. The van der Waals surface area contributed by atoms with Gasteiger partial charge in [0.2, 0.25) is 0 Å². The van der Waals surface area contributed by atoms with Gasteiger partial charge in [-0.05, 0) is 36.4 Å². The first-order chi connectivity index (χ1) is 14.8. The molecule has 6 rings (SSSR count). The minimum absolute atomic E-state index is 0.0944. The van der Waals surface area contributed by atoms with Crippen molar-refractivity contribution in [1.29, 1.82) is 0 Å².